The molecule has 0 N–H and O–H groups in total. The van der Waals surface area contributed by atoms with E-state index >= 15 is 0 Å². The van der Waals surface area contributed by atoms with E-state index in [9.17, 15) is 23.2 Å². The van der Waals surface area contributed by atoms with Crippen molar-refractivity contribution in [3.63, 3.8) is 0 Å². The minimum Gasteiger partial charge on any atom is -0.364 e. The molecule has 6 nitrogen and oxygen atoms in total. The standard InChI is InChI=1S/C23H22F3N5O/c1-13-11-31(14(2)10-30(13)12-15-6-17(24)22(26)18(25)7-15)20-8-21(32)29(3)19-5-4-16(9-27)28-23(19)20/h4-8,13-14H,10-12H2,1-3H3/t13-,14+/m1/s1. The zero-order valence-corrected chi connectivity index (χ0v) is 17.9. The summed E-state index contributed by atoms with van der Waals surface area (Å²) in [5.74, 6) is -3.88. The summed E-state index contributed by atoms with van der Waals surface area (Å²) >= 11 is 0. The highest BCUT2D eigenvalue weighted by Gasteiger charge is 2.31. The molecule has 3 heterocycles. The summed E-state index contributed by atoms with van der Waals surface area (Å²) in [4.78, 5) is 21.2. The molecule has 2 aromatic heterocycles. The van der Waals surface area contributed by atoms with Crippen LogP contribution >= 0.6 is 0 Å². The third kappa shape index (κ3) is 3.82. The maximum atomic E-state index is 13.6. The molecular formula is C23H22F3N5O. The van der Waals surface area contributed by atoms with Gasteiger partial charge in [0.05, 0.1) is 11.2 Å². The van der Waals surface area contributed by atoms with Crippen molar-refractivity contribution in [2.45, 2.75) is 32.5 Å². The van der Waals surface area contributed by atoms with Crippen LogP contribution in [0.5, 0.6) is 0 Å². The highest BCUT2D eigenvalue weighted by molar-refractivity contribution is 5.89. The largest absolute Gasteiger partial charge is 0.364 e. The Kier molecular flexibility index (Phi) is 5.65. The molecule has 0 amide bonds. The minimum absolute atomic E-state index is 0.0272. The summed E-state index contributed by atoms with van der Waals surface area (Å²) in [6, 6.07) is 8.82. The molecule has 0 unspecified atom stereocenters. The Labute approximate surface area is 183 Å². The van der Waals surface area contributed by atoms with Crippen LogP contribution in [0.2, 0.25) is 0 Å². The number of hydrogen-bond donors (Lipinski definition) is 0. The molecule has 0 saturated carbocycles. The van der Waals surface area contributed by atoms with E-state index in [1.54, 1.807) is 19.2 Å². The fourth-order valence-electron chi connectivity index (χ4n) is 4.28. The molecule has 3 aromatic rings. The maximum absolute atomic E-state index is 13.6. The molecule has 1 aliphatic rings. The van der Waals surface area contributed by atoms with Crippen LogP contribution in [0, 0.1) is 28.8 Å². The van der Waals surface area contributed by atoms with Crippen molar-refractivity contribution in [2.75, 3.05) is 18.0 Å². The van der Waals surface area contributed by atoms with Gasteiger partial charge in [-0.3, -0.25) is 9.69 Å². The van der Waals surface area contributed by atoms with Crippen molar-refractivity contribution < 1.29 is 13.2 Å². The molecule has 9 heteroatoms. The summed E-state index contributed by atoms with van der Waals surface area (Å²) in [7, 11) is 1.66. The quantitative estimate of drug-likeness (QED) is 0.584. The topological polar surface area (TPSA) is 65.2 Å². The van der Waals surface area contributed by atoms with E-state index in [1.165, 1.54) is 10.6 Å². The fraction of sp³-hybridized carbons (Fsp3) is 0.348. The van der Waals surface area contributed by atoms with Gasteiger partial charge in [-0.05, 0) is 43.7 Å². The summed E-state index contributed by atoms with van der Waals surface area (Å²) in [6.45, 7) is 5.32. The summed E-state index contributed by atoms with van der Waals surface area (Å²) in [6.07, 6.45) is 0. The number of nitrogens with zero attached hydrogens (tertiary/aromatic N) is 5. The number of pyridine rings is 2. The second kappa shape index (κ2) is 8.28. The Bertz CT molecular complexity index is 1280. The van der Waals surface area contributed by atoms with E-state index in [2.05, 4.69) is 14.8 Å². The van der Waals surface area contributed by atoms with Crippen LogP contribution in [0.15, 0.2) is 35.1 Å². The van der Waals surface area contributed by atoms with E-state index in [4.69, 9.17) is 0 Å². The predicted octanol–water partition coefficient (Wildman–Crippen LogP) is 3.32. The predicted molar refractivity (Wildman–Crippen MR) is 115 cm³/mol. The Morgan fingerprint density at radius 1 is 1.09 bits per heavy atom. The lowest BCUT2D eigenvalue weighted by atomic mass is 10.0. The molecule has 1 aliphatic heterocycles. The average molecular weight is 441 g/mol. The molecular weight excluding hydrogens is 419 g/mol. The molecule has 0 radical (unpaired) electrons. The van der Waals surface area contributed by atoms with Gasteiger partial charge in [-0.2, -0.15) is 5.26 Å². The van der Waals surface area contributed by atoms with Gasteiger partial charge in [0.2, 0.25) is 0 Å². The van der Waals surface area contributed by atoms with Crippen LogP contribution < -0.4 is 10.5 Å². The minimum atomic E-state index is -1.47. The lowest BCUT2D eigenvalue weighted by Gasteiger charge is -2.45. The molecule has 166 valence electrons. The number of benzene rings is 1. The van der Waals surface area contributed by atoms with Crippen LogP contribution in [-0.4, -0.2) is 39.6 Å². The van der Waals surface area contributed by atoms with Gasteiger partial charge in [-0.25, -0.2) is 18.2 Å². The second-order valence-corrected chi connectivity index (χ2v) is 8.26. The average Bonchev–Trinajstić information content (AvgIpc) is 2.76. The smallest absolute Gasteiger partial charge is 0.252 e. The summed E-state index contributed by atoms with van der Waals surface area (Å²) in [5.41, 5.74) is 2.29. The molecule has 1 aromatic carbocycles. The number of aryl methyl sites for hydroxylation is 1. The van der Waals surface area contributed by atoms with Crippen LogP contribution in [0.25, 0.3) is 11.0 Å². The van der Waals surface area contributed by atoms with Gasteiger partial charge >= 0.3 is 0 Å². The molecule has 4 rings (SSSR count). The first-order valence-corrected chi connectivity index (χ1v) is 10.2. The summed E-state index contributed by atoms with van der Waals surface area (Å²) < 4.78 is 42.0. The van der Waals surface area contributed by atoms with Gasteiger partial charge in [-0.1, -0.05) is 0 Å². The van der Waals surface area contributed by atoms with Gasteiger partial charge in [0.15, 0.2) is 17.5 Å². The van der Waals surface area contributed by atoms with Gasteiger partial charge in [0.1, 0.15) is 17.3 Å². The SMILES string of the molecule is C[C@@H]1CN(c2cc(=O)n(C)c3ccc(C#N)nc23)[C@@H](C)CN1Cc1cc(F)c(F)c(F)c1. The Morgan fingerprint density at radius 2 is 1.78 bits per heavy atom. The Morgan fingerprint density at radius 3 is 2.44 bits per heavy atom. The number of anilines is 1. The molecule has 32 heavy (non-hydrogen) atoms. The van der Waals surface area contributed by atoms with Crippen molar-refractivity contribution in [3.05, 3.63) is 69.4 Å². The highest BCUT2D eigenvalue weighted by Crippen LogP contribution is 2.29. The maximum Gasteiger partial charge on any atom is 0.252 e. The van der Waals surface area contributed by atoms with Crippen LogP contribution in [0.1, 0.15) is 25.1 Å². The van der Waals surface area contributed by atoms with Gasteiger partial charge < -0.3 is 9.47 Å². The molecule has 0 bridgehead atoms. The van der Waals surface area contributed by atoms with Crippen LogP contribution in [-0.2, 0) is 13.6 Å². The van der Waals surface area contributed by atoms with Crippen molar-refractivity contribution in [3.8, 4) is 6.07 Å². The molecule has 2 atom stereocenters. The van der Waals surface area contributed by atoms with Gasteiger partial charge in [0, 0.05) is 44.8 Å². The van der Waals surface area contributed by atoms with Crippen molar-refractivity contribution in [2.24, 2.45) is 7.05 Å². The number of aromatic nitrogens is 2. The number of rotatable bonds is 3. The number of fused-ring (bicyclic) bond motifs is 1. The first kappa shape index (κ1) is 21.8. The van der Waals surface area contributed by atoms with E-state index in [1.807, 2.05) is 19.9 Å². The van der Waals surface area contributed by atoms with Crippen LogP contribution in [0.3, 0.4) is 0 Å². The zero-order chi connectivity index (χ0) is 23.2. The third-order valence-electron chi connectivity index (χ3n) is 6.04. The van der Waals surface area contributed by atoms with E-state index < -0.39 is 17.5 Å². The molecule has 0 spiro atoms. The van der Waals surface area contributed by atoms with Gasteiger partial charge in [-0.15, -0.1) is 0 Å². The van der Waals surface area contributed by atoms with E-state index in [0.29, 0.717) is 35.4 Å². The van der Waals surface area contributed by atoms with Crippen LogP contribution in [0.4, 0.5) is 18.9 Å². The van der Waals surface area contributed by atoms with E-state index in [0.717, 1.165) is 12.1 Å². The van der Waals surface area contributed by atoms with Crippen molar-refractivity contribution >= 4 is 16.7 Å². The van der Waals surface area contributed by atoms with Crippen molar-refractivity contribution in [1.82, 2.24) is 14.5 Å². The lowest BCUT2D eigenvalue weighted by Crippen LogP contribution is -2.56. The number of hydrogen-bond acceptors (Lipinski definition) is 5. The number of piperazine rings is 1. The lowest BCUT2D eigenvalue weighted by molar-refractivity contribution is 0.157. The first-order chi connectivity index (χ1) is 15.2. The summed E-state index contributed by atoms with van der Waals surface area (Å²) in [5, 5.41) is 9.27. The number of halogens is 3. The van der Waals surface area contributed by atoms with Crippen molar-refractivity contribution in [1.29, 1.82) is 5.26 Å². The van der Waals surface area contributed by atoms with E-state index in [-0.39, 0.29) is 29.9 Å². The number of nitriles is 1. The monoisotopic (exact) mass is 441 g/mol. The highest BCUT2D eigenvalue weighted by atomic mass is 19.2. The second-order valence-electron chi connectivity index (χ2n) is 8.26. The Hall–Kier alpha value is -3.38. The Balaban J connectivity index is 1.66. The third-order valence-corrected chi connectivity index (χ3v) is 6.04. The van der Waals surface area contributed by atoms with Gasteiger partial charge in [0.25, 0.3) is 5.56 Å². The normalized spacial score (nSPS) is 19.3. The first-order valence-electron chi connectivity index (χ1n) is 10.2. The fourth-order valence-corrected chi connectivity index (χ4v) is 4.28. The molecule has 0 aliphatic carbocycles. The zero-order valence-electron chi connectivity index (χ0n) is 17.9. The molecule has 1 fully saturated rings. The molecule has 1 saturated heterocycles.